The van der Waals surface area contributed by atoms with Crippen LogP contribution in [0.15, 0.2) is 12.5 Å². The third kappa shape index (κ3) is 2.84. The lowest BCUT2D eigenvalue weighted by Gasteiger charge is -2.22. The smallest absolute Gasteiger partial charge is 0.303 e. The molecule has 0 spiro atoms. The lowest BCUT2D eigenvalue weighted by atomic mass is 9.95. The summed E-state index contributed by atoms with van der Waals surface area (Å²) in [7, 11) is 0. The third-order valence-electron chi connectivity index (χ3n) is 3.25. The summed E-state index contributed by atoms with van der Waals surface area (Å²) in [5.74, 6) is -0.757. The van der Waals surface area contributed by atoms with E-state index in [-0.39, 0.29) is 6.42 Å². The first kappa shape index (κ1) is 11.2. The first-order valence-electron chi connectivity index (χ1n) is 6.00. The molecule has 0 atom stereocenters. The lowest BCUT2D eigenvalue weighted by Crippen LogP contribution is -2.10. The molecule has 0 saturated heterocycles. The van der Waals surface area contributed by atoms with E-state index in [0.29, 0.717) is 12.5 Å². The van der Waals surface area contributed by atoms with Gasteiger partial charge in [0, 0.05) is 18.7 Å². The van der Waals surface area contributed by atoms with Crippen LogP contribution in [0.4, 0.5) is 0 Å². The maximum atomic E-state index is 10.4. The molecule has 0 aromatic carbocycles. The van der Waals surface area contributed by atoms with E-state index in [9.17, 15) is 4.79 Å². The van der Waals surface area contributed by atoms with Crippen LogP contribution in [0.2, 0.25) is 0 Å². The van der Waals surface area contributed by atoms with Crippen LogP contribution >= 0.6 is 0 Å². The number of hydrogen-bond acceptors (Lipinski definition) is 2. The highest BCUT2D eigenvalue weighted by Crippen LogP contribution is 2.27. The summed E-state index contributed by atoms with van der Waals surface area (Å²) in [6.07, 6.45) is 11.0. The van der Waals surface area contributed by atoms with Crippen LogP contribution < -0.4 is 0 Å². The Morgan fingerprint density at radius 3 is 2.88 bits per heavy atom. The molecule has 0 amide bonds. The van der Waals surface area contributed by atoms with E-state index < -0.39 is 5.97 Å². The Morgan fingerprint density at radius 2 is 2.19 bits per heavy atom. The van der Waals surface area contributed by atoms with Gasteiger partial charge in [0.05, 0.1) is 18.4 Å². The summed E-state index contributed by atoms with van der Waals surface area (Å²) in [6.45, 7) is 0. The van der Waals surface area contributed by atoms with E-state index in [1.54, 1.807) is 0 Å². The van der Waals surface area contributed by atoms with E-state index >= 15 is 0 Å². The van der Waals surface area contributed by atoms with Crippen molar-refractivity contribution in [1.82, 2.24) is 9.55 Å². The SMILES string of the molecule is O=C(O)CCc1cn(C2CCCCC2)cn1. The fraction of sp³-hybridized carbons (Fsp3) is 0.667. The van der Waals surface area contributed by atoms with Crippen molar-refractivity contribution in [3.8, 4) is 0 Å². The van der Waals surface area contributed by atoms with Crippen molar-refractivity contribution in [2.45, 2.75) is 51.0 Å². The summed E-state index contributed by atoms with van der Waals surface area (Å²) in [5.41, 5.74) is 0.896. The van der Waals surface area contributed by atoms with Gasteiger partial charge in [-0.25, -0.2) is 4.98 Å². The first-order chi connectivity index (χ1) is 7.75. The Hall–Kier alpha value is -1.32. The molecule has 4 nitrogen and oxygen atoms in total. The first-order valence-corrected chi connectivity index (χ1v) is 6.00. The number of aliphatic carboxylic acids is 1. The maximum absolute atomic E-state index is 10.4. The topological polar surface area (TPSA) is 55.1 Å². The quantitative estimate of drug-likeness (QED) is 0.851. The molecule has 0 unspecified atom stereocenters. The zero-order valence-corrected chi connectivity index (χ0v) is 9.43. The molecule has 1 heterocycles. The minimum absolute atomic E-state index is 0.168. The fourth-order valence-electron chi connectivity index (χ4n) is 2.32. The number of carboxylic acids is 1. The van der Waals surface area contributed by atoms with Gasteiger partial charge in [0.1, 0.15) is 0 Å². The van der Waals surface area contributed by atoms with Gasteiger partial charge in [-0.1, -0.05) is 19.3 Å². The molecule has 1 N–H and O–H groups in total. The second-order valence-corrected chi connectivity index (χ2v) is 4.50. The number of imidazole rings is 1. The van der Waals surface area contributed by atoms with Gasteiger partial charge in [-0.3, -0.25) is 4.79 Å². The Labute approximate surface area is 95.3 Å². The Balaban J connectivity index is 1.93. The highest BCUT2D eigenvalue weighted by atomic mass is 16.4. The monoisotopic (exact) mass is 222 g/mol. The predicted molar refractivity (Wildman–Crippen MR) is 60.3 cm³/mol. The van der Waals surface area contributed by atoms with E-state index in [0.717, 1.165) is 5.69 Å². The van der Waals surface area contributed by atoms with Gasteiger partial charge in [-0.05, 0) is 12.8 Å². The fourth-order valence-corrected chi connectivity index (χ4v) is 2.32. The highest BCUT2D eigenvalue weighted by molar-refractivity contribution is 5.66. The van der Waals surface area contributed by atoms with Gasteiger partial charge in [-0.15, -0.1) is 0 Å². The molecule has 1 aromatic rings. The molecule has 4 heteroatoms. The summed E-state index contributed by atoms with van der Waals surface area (Å²) >= 11 is 0. The van der Waals surface area contributed by atoms with Crippen LogP contribution in [0.25, 0.3) is 0 Å². The molecule has 88 valence electrons. The number of rotatable bonds is 4. The van der Waals surface area contributed by atoms with Gasteiger partial charge in [0.25, 0.3) is 0 Å². The Morgan fingerprint density at radius 1 is 1.44 bits per heavy atom. The van der Waals surface area contributed by atoms with Crippen LogP contribution in [0.5, 0.6) is 0 Å². The lowest BCUT2D eigenvalue weighted by molar-refractivity contribution is -0.136. The zero-order valence-electron chi connectivity index (χ0n) is 9.43. The molecule has 16 heavy (non-hydrogen) atoms. The summed E-state index contributed by atoms with van der Waals surface area (Å²) < 4.78 is 2.16. The van der Waals surface area contributed by atoms with Crippen molar-refractivity contribution in [1.29, 1.82) is 0 Å². The molecule has 0 bridgehead atoms. The van der Waals surface area contributed by atoms with Crippen LogP contribution in [-0.2, 0) is 11.2 Å². The van der Waals surface area contributed by atoms with Crippen molar-refractivity contribution in [2.75, 3.05) is 0 Å². The minimum Gasteiger partial charge on any atom is -0.481 e. The number of hydrogen-bond donors (Lipinski definition) is 1. The number of nitrogens with zero attached hydrogens (tertiary/aromatic N) is 2. The van der Waals surface area contributed by atoms with Gasteiger partial charge in [0.2, 0.25) is 0 Å². The average Bonchev–Trinajstić information content (AvgIpc) is 2.76. The molecule has 0 aliphatic heterocycles. The molecule has 1 saturated carbocycles. The standard InChI is InChI=1S/C12H18N2O2/c15-12(16)7-6-10-8-14(9-13-10)11-4-2-1-3-5-11/h8-9,11H,1-7H2,(H,15,16). The van der Waals surface area contributed by atoms with Crippen molar-refractivity contribution in [3.63, 3.8) is 0 Å². The second-order valence-electron chi connectivity index (χ2n) is 4.50. The molecule has 1 aliphatic rings. The van der Waals surface area contributed by atoms with E-state index in [1.165, 1.54) is 32.1 Å². The molecular weight excluding hydrogens is 204 g/mol. The Bertz CT molecular complexity index is 354. The number of carboxylic acid groups (broad SMARTS) is 1. The third-order valence-corrected chi connectivity index (χ3v) is 3.25. The summed E-state index contributed by atoms with van der Waals surface area (Å²) in [5, 5.41) is 8.60. The van der Waals surface area contributed by atoms with Crippen molar-refractivity contribution < 1.29 is 9.90 Å². The highest BCUT2D eigenvalue weighted by Gasteiger charge is 2.15. The normalized spacial score (nSPS) is 17.5. The molecule has 1 aromatic heterocycles. The molecular formula is C12H18N2O2. The van der Waals surface area contributed by atoms with Crippen LogP contribution in [0.1, 0.15) is 50.3 Å². The number of aromatic nitrogens is 2. The average molecular weight is 222 g/mol. The summed E-state index contributed by atoms with van der Waals surface area (Å²) in [6, 6.07) is 0.583. The molecule has 0 radical (unpaired) electrons. The maximum Gasteiger partial charge on any atom is 0.303 e. The Kier molecular flexibility index (Phi) is 3.59. The minimum atomic E-state index is -0.757. The predicted octanol–water partition coefficient (Wildman–Crippen LogP) is 2.41. The van der Waals surface area contributed by atoms with E-state index in [4.69, 9.17) is 5.11 Å². The van der Waals surface area contributed by atoms with Gasteiger partial charge in [0.15, 0.2) is 0 Å². The zero-order chi connectivity index (χ0) is 11.4. The largest absolute Gasteiger partial charge is 0.481 e. The molecule has 1 fully saturated rings. The van der Waals surface area contributed by atoms with Crippen molar-refractivity contribution >= 4 is 5.97 Å². The number of aryl methyl sites for hydroxylation is 1. The van der Waals surface area contributed by atoms with Crippen molar-refractivity contribution in [2.24, 2.45) is 0 Å². The van der Waals surface area contributed by atoms with Gasteiger partial charge >= 0.3 is 5.97 Å². The van der Waals surface area contributed by atoms with Crippen molar-refractivity contribution in [3.05, 3.63) is 18.2 Å². The van der Waals surface area contributed by atoms with Gasteiger partial charge in [-0.2, -0.15) is 0 Å². The molecule has 2 rings (SSSR count). The number of carbonyl (C=O) groups is 1. The van der Waals surface area contributed by atoms with E-state index in [1.807, 2.05) is 12.5 Å². The van der Waals surface area contributed by atoms with Gasteiger partial charge < -0.3 is 9.67 Å². The van der Waals surface area contributed by atoms with E-state index in [2.05, 4.69) is 9.55 Å². The molecule has 1 aliphatic carbocycles. The second kappa shape index (κ2) is 5.14. The summed E-state index contributed by atoms with van der Waals surface area (Å²) in [4.78, 5) is 14.7. The van der Waals surface area contributed by atoms with Crippen LogP contribution in [0, 0.1) is 0 Å². The van der Waals surface area contributed by atoms with Crippen LogP contribution in [-0.4, -0.2) is 20.6 Å². The van der Waals surface area contributed by atoms with Crippen LogP contribution in [0.3, 0.4) is 0 Å².